The van der Waals surface area contributed by atoms with Crippen LogP contribution in [0.5, 0.6) is 0 Å². The number of pyridine rings is 1. The number of nitrogen functional groups attached to an aromatic ring is 1. The molecule has 1 aromatic heterocycles. The van der Waals surface area contributed by atoms with Gasteiger partial charge in [0.25, 0.3) is 0 Å². The van der Waals surface area contributed by atoms with Gasteiger partial charge >= 0.3 is 0 Å². The number of amidine groups is 1. The van der Waals surface area contributed by atoms with E-state index in [2.05, 4.69) is 34.8 Å². The summed E-state index contributed by atoms with van der Waals surface area (Å²) >= 11 is 0. The van der Waals surface area contributed by atoms with Gasteiger partial charge in [-0.2, -0.15) is 0 Å². The largest absolute Gasteiger partial charge is 0.384 e. The number of likely N-dealkylation sites (N-methyl/N-ethyl adjacent to an activating group) is 1. The van der Waals surface area contributed by atoms with Gasteiger partial charge < -0.3 is 15.5 Å². The summed E-state index contributed by atoms with van der Waals surface area (Å²) in [6, 6.07) is 8.45. The molecule has 1 atom stereocenters. The molecule has 1 aromatic carbocycles. The molecule has 2 aromatic rings. The van der Waals surface area contributed by atoms with Gasteiger partial charge in [0.05, 0.1) is 16.8 Å². The van der Waals surface area contributed by atoms with Crippen LogP contribution in [0.3, 0.4) is 0 Å². The van der Waals surface area contributed by atoms with E-state index < -0.39 is 0 Å². The highest BCUT2D eigenvalue weighted by Gasteiger charge is 2.26. The lowest BCUT2D eigenvalue weighted by atomic mass is 10.0. The fourth-order valence-electron chi connectivity index (χ4n) is 3.11. The van der Waals surface area contributed by atoms with E-state index in [0.29, 0.717) is 6.04 Å². The molecule has 0 bridgehead atoms. The number of anilines is 1. The molecule has 3 N–H and O–H groups in total. The number of piperazine rings is 1. The Hall–Kier alpha value is -2.14. The van der Waals surface area contributed by atoms with E-state index in [1.165, 1.54) is 0 Å². The van der Waals surface area contributed by atoms with Crippen molar-refractivity contribution in [2.24, 2.45) is 5.73 Å². The first-order chi connectivity index (χ1) is 10.1. The molecule has 5 heteroatoms. The number of rotatable bonds is 2. The maximum atomic E-state index is 7.88. The minimum Gasteiger partial charge on any atom is -0.384 e. The molecule has 0 spiro atoms. The van der Waals surface area contributed by atoms with Crippen molar-refractivity contribution in [2.45, 2.75) is 13.0 Å². The molecule has 1 fully saturated rings. The van der Waals surface area contributed by atoms with Crippen molar-refractivity contribution in [3.63, 3.8) is 0 Å². The van der Waals surface area contributed by atoms with Gasteiger partial charge in [0.2, 0.25) is 0 Å². The maximum Gasteiger partial charge on any atom is 0.126 e. The second kappa shape index (κ2) is 5.33. The quantitative estimate of drug-likeness (QED) is 0.649. The van der Waals surface area contributed by atoms with Crippen molar-refractivity contribution in [1.29, 1.82) is 5.41 Å². The van der Waals surface area contributed by atoms with Gasteiger partial charge in [-0.15, -0.1) is 0 Å². The van der Waals surface area contributed by atoms with Crippen LogP contribution in [-0.4, -0.2) is 48.4 Å². The van der Waals surface area contributed by atoms with E-state index in [4.69, 9.17) is 11.1 Å². The number of aromatic nitrogens is 1. The summed E-state index contributed by atoms with van der Waals surface area (Å²) < 4.78 is 0. The van der Waals surface area contributed by atoms with Gasteiger partial charge in [-0.25, -0.2) is 0 Å². The smallest absolute Gasteiger partial charge is 0.126 e. The number of nitrogens with two attached hydrogens (primary N) is 1. The molecule has 1 unspecified atom stereocenters. The second-order valence-corrected chi connectivity index (χ2v) is 5.76. The number of nitrogens with one attached hydrogen (secondary N) is 1. The molecule has 0 amide bonds. The van der Waals surface area contributed by atoms with Crippen LogP contribution in [0.1, 0.15) is 12.5 Å². The summed E-state index contributed by atoms with van der Waals surface area (Å²) in [7, 11) is 2.14. The molecule has 0 saturated carbocycles. The molecule has 3 rings (SSSR count). The minimum absolute atomic E-state index is 0.0781. The zero-order valence-electron chi connectivity index (χ0n) is 12.5. The van der Waals surface area contributed by atoms with Gasteiger partial charge in [-0.1, -0.05) is 18.2 Å². The van der Waals surface area contributed by atoms with Gasteiger partial charge in [0.15, 0.2) is 0 Å². The van der Waals surface area contributed by atoms with Crippen LogP contribution in [0.2, 0.25) is 0 Å². The molecular formula is C16H21N5. The first-order valence-corrected chi connectivity index (χ1v) is 7.25. The average Bonchev–Trinajstić information content (AvgIpc) is 2.46. The number of hydrogen-bond donors (Lipinski definition) is 2. The number of benzene rings is 1. The second-order valence-electron chi connectivity index (χ2n) is 5.76. The Labute approximate surface area is 124 Å². The monoisotopic (exact) mass is 283 g/mol. The lowest BCUT2D eigenvalue weighted by molar-refractivity contribution is 0.276. The molecule has 1 saturated heterocycles. The Kier molecular flexibility index (Phi) is 3.51. The van der Waals surface area contributed by atoms with Crippen molar-refractivity contribution >= 4 is 22.4 Å². The van der Waals surface area contributed by atoms with Gasteiger partial charge in [0.1, 0.15) is 5.84 Å². The highest BCUT2D eigenvalue weighted by molar-refractivity contribution is 6.07. The summed E-state index contributed by atoms with van der Waals surface area (Å²) in [5.41, 5.74) is 8.52. The first-order valence-electron chi connectivity index (χ1n) is 7.25. The third-order valence-corrected chi connectivity index (χ3v) is 4.15. The van der Waals surface area contributed by atoms with Crippen LogP contribution in [0, 0.1) is 5.41 Å². The van der Waals surface area contributed by atoms with Crippen LogP contribution in [0.15, 0.2) is 30.5 Å². The van der Waals surface area contributed by atoms with Crippen LogP contribution < -0.4 is 10.6 Å². The van der Waals surface area contributed by atoms with Crippen LogP contribution in [0.4, 0.5) is 5.69 Å². The summed E-state index contributed by atoms with van der Waals surface area (Å²) in [6.45, 7) is 5.17. The molecule has 1 aliphatic rings. The topological polar surface area (TPSA) is 69.2 Å². The molecule has 5 nitrogen and oxygen atoms in total. The highest BCUT2D eigenvalue weighted by Crippen LogP contribution is 2.31. The van der Waals surface area contributed by atoms with E-state index in [1.54, 1.807) is 6.20 Å². The predicted octanol–water partition coefficient (Wildman–Crippen LogP) is 1.66. The van der Waals surface area contributed by atoms with E-state index >= 15 is 0 Å². The van der Waals surface area contributed by atoms with Gasteiger partial charge in [-0.3, -0.25) is 10.4 Å². The van der Waals surface area contributed by atoms with E-state index in [9.17, 15) is 0 Å². The zero-order valence-corrected chi connectivity index (χ0v) is 12.5. The molecule has 0 radical (unpaired) electrons. The predicted molar refractivity (Wildman–Crippen MR) is 87.1 cm³/mol. The van der Waals surface area contributed by atoms with Crippen LogP contribution >= 0.6 is 0 Å². The highest BCUT2D eigenvalue weighted by atomic mass is 15.3. The van der Waals surface area contributed by atoms with Crippen molar-refractivity contribution in [1.82, 2.24) is 9.88 Å². The normalized spacial score (nSPS) is 19.9. The maximum absolute atomic E-state index is 7.88. The SMILES string of the molecule is CC1CN(C)CCN1c1c(C(=N)N)cnc2ccccc12. The Morgan fingerprint density at radius 1 is 1.33 bits per heavy atom. The summed E-state index contributed by atoms with van der Waals surface area (Å²) in [5.74, 6) is 0.0781. The van der Waals surface area contributed by atoms with Crippen molar-refractivity contribution in [3.8, 4) is 0 Å². The standard InChI is InChI=1S/C16H21N5/c1-11-10-20(2)7-8-21(11)15-12-5-3-4-6-14(12)19-9-13(15)16(17)18/h3-6,9,11H,7-8,10H2,1-2H3,(H3,17,18). The Balaban J connectivity index is 2.19. The van der Waals surface area contributed by atoms with Crippen LogP contribution in [0.25, 0.3) is 10.9 Å². The molecule has 0 aliphatic carbocycles. The Bertz CT molecular complexity index is 681. The lowest BCUT2D eigenvalue weighted by Gasteiger charge is -2.41. The fraction of sp³-hybridized carbons (Fsp3) is 0.375. The van der Waals surface area contributed by atoms with Crippen molar-refractivity contribution in [2.75, 3.05) is 31.6 Å². The number of fused-ring (bicyclic) bond motifs is 1. The summed E-state index contributed by atoms with van der Waals surface area (Å²) in [4.78, 5) is 9.13. The Morgan fingerprint density at radius 3 is 2.81 bits per heavy atom. The lowest BCUT2D eigenvalue weighted by Crippen LogP contribution is -2.51. The number of para-hydroxylation sites is 1. The number of nitrogens with zero attached hydrogens (tertiary/aromatic N) is 3. The average molecular weight is 283 g/mol. The molecule has 110 valence electrons. The van der Waals surface area contributed by atoms with Gasteiger partial charge in [-0.05, 0) is 20.0 Å². The van der Waals surface area contributed by atoms with E-state index in [0.717, 1.165) is 41.8 Å². The zero-order chi connectivity index (χ0) is 15.0. The molecule has 2 heterocycles. The molecule has 21 heavy (non-hydrogen) atoms. The van der Waals surface area contributed by atoms with E-state index in [1.807, 2.05) is 18.2 Å². The molecule has 1 aliphatic heterocycles. The first kappa shape index (κ1) is 13.8. The third kappa shape index (κ3) is 2.45. The van der Waals surface area contributed by atoms with Crippen molar-refractivity contribution in [3.05, 3.63) is 36.0 Å². The van der Waals surface area contributed by atoms with Gasteiger partial charge in [0, 0.05) is 37.3 Å². The summed E-state index contributed by atoms with van der Waals surface area (Å²) in [6.07, 6.45) is 1.73. The number of hydrogen-bond acceptors (Lipinski definition) is 4. The fourth-order valence-corrected chi connectivity index (χ4v) is 3.11. The van der Waals surface area contributed by atoms with E-state index in [-0.39, 0.29) is 5.84 Å². The van der Waals surface area contributed by atoms with Crippen LogP contribution in [-0.2, 0) is 0 Å². The third-order valence-electron chi connectivity index (χ3n) is 4.15. The minimum atomic E-state index is 0.0781. The Morgan fingerprint density at radius 2 is 2.10 bits per heavy atom. The van der Waals surface area contributed by atoms with Crippen molar-refractivity contribution < 1.29 is 0 Å². The molecular weight excluding hydrogens is 262 g/mol. The summed E-state index contributed by atoms with van der Waals surface area (Å²) in [5, 5.41) is 8.95.